The topological polar surface area (TPSA) is 37.8 Å². The smallest absolute Gasteiger partial charge is 0.184 e. The average Bonchev–Trinajstić information content (AvgIpc) is 2.79. The number of halogens is 1. The van der Waals surface area contributed by atoms with Gasteiger partial charge in [-0.25, -0.2) is 4.98 Å². The fourth-order valence-corrected chi connectivity index (χ4v) is 3.26. The first-order valence-corrected chi connectivity index (χ1v) is 7.53. The van der Waals surface area contributed by atoms with Gasteiger partial charge in [-0.15, -0.1) is 0 Å². The van der Waals surface area contributed by atoms with Crippen LogP contribution >= 0.6 is 27.3 Å². The van der Waals surface area contributed by atoms with Crippen molar-refractivity contribution in [1.82, 2.24) is 9.97 Å². The Morgan fingerprint density at radius 1 is 1.32 bits per heavy atom. The summed E-state index contributed by atoms with van der Waals surface area (Å²) < 4.78 is 2.27. The molecular weight excluding hydrogens is 322 g/mol. The second-order valence-corrected chi connectivity index (χ2v) is 6.23. The molecule has 0 radical (unpaired) electrons. The van der Waals surface area contributed by atoms with Crippen molar-refractivity contribution in [1.29, 1.82) is 0 Å². The lowest BCUT2D eigenvalue weighted by Gasteiger charge is -2.05. The fourth-order valence-electron chi connectivity index (χ4n) is 1.85. The maximum Gasteiger partial charge on any atom is 0.184 e. The molecule has 3 aromatic rings. The van der Waals surface area contributed by atoms with E-state index in [1.165, 1.54) is 15.8 Å². The Kier molecular flexibility index (Phi) is 3.48. The van der Waals surface area contributed by atoms with Crippen molar-refractivity contribution in [3.63, 3.8) is 0 Å². The van der Waals surface area contributed by atoms with Gasteiger partial charge in [-0.1, -0.05) is 27.3 Å². The molecule has 0 unspecified atom stereocenters. The Balaban J connectivity index is 1.80. The van der Waals surface area contributed by atoms with Crippen LogP contribution in [0.5, 0.6) is 0 Å². The molecule has 0 saturated carbocycles. The van der Waals surface area contributed by atoms with Crippen LogP contribution in [0.25, 0.3) is 10.2 Å². The number of hydrogen-bond donors (Lipinski definition) is 1. The highest BCUT2D eigenvalue weighted by molar-refractivity contribution is 9.10. The van der Waals surface area contributed by atoms with Crippen molar-refractivity contribution < 1.29 is 0 Å². The Hall–Kier alpha value is -1.46. The molecule has 0 amide bonds. The minimum Gasteiger partial charge on any atom is -0.357 e. The lowest BCUT2D eigenvalue weighted by Crippen LogP contribution is -2.00. The van der Waals surface area contributed by atoms with E-state index in [0.717, 1.165) is 21.7 Å². The van der Waals surface area contributed by atoms with Crippen molar-refractivity contribution in [2.45, 2.75) is 13.5 Å². The van der Waals surface area contributed by atoms with Crippen LogP contribution in [0.1, 0.15) is 11.1 Å². The lowest BCUT2D eigenvalue weighted by molar-refractivity contribution is 1.09. The monoisotopic (exact) mass is 333 g/mol. The first-order valence-electron chi connectivity index (χ1n) is 5.92. The molecule has 0 aliphatic rings. The van der Waals surface area contributed by atoms with Crippen LogP contribution in [0.15, 0.2) is 41.1 Å². The van der Waals surface area contributed by atoms with Gasteiger partial charge in [0.1, 0.15) is 0 Å². The first kappa shape index (κ1) is 12.6. The standard InChI is InChI=1S/C14H12BrN3S/c1-9-7-16-5-4-10(9)8-17-14-18-12-3-2-11(15)6-13(12)19-14/h2-7H,8H2,1H3,(H,17,18). The molecule has 96 valence electrons. The van der Waals surface area contributed by atoms with E-state index in [1.54, 1.807) is 11.3 Å². The van der Waals surface area contributed by atoms with E-state index < -0.39 is 0 Å². The van der Waals surface area contributed by atoms with Crippen LogP contribution in [0, 0.1) is 6.92 Å². The average molecular weight is 334 g/mol. The molecule has 0 fully saturated rings. The molecule has 0 atom stereocenters. The maximum atomic E-state index is 4.57. The number of nitrogens with zero attached hydrogens (tertiary/aromatic N) is 2. The summed E-state index contributed by atoms with van der Waals surface area (Å²) in [6, 6.07) is 8.17. The Morgan fingerprint density at radius 3 is 3.05 bits per heavy atom. The number of hydrogen-bond acceptors (Lipinski definition) is 4. The third kappa shape index (κ3) is 2.77. The zero-order valence-corrected chi connectivity index (χ0v) is 12.8. The lowest BCUT2D eigenvalue weighted by atomic mass is 10.2. The maximum absolute atomic E-state index is 4.57. The molecule has 0 spiro atoms. The molecule has 0 saturated heterocycles. The highest BCUT2D eigenvalue weighted by Gasteiger charge is 2.04. The van der Waals surface area contributed by atoms with Gasteiger partial charge in [-0.05, 0) is 42.3 Å². The Labute approximate surface area is 123 Å². The van der Waals surface area contributed by atoms with Gasteiger partial charge in [0.05, 0.1) is 10.2 Å². The zero-order chi connectivity index (χ0) is 13.2. The molecule has 1 N–H and O–H groups in total. The molecule has 0 aliphatic carbocycles. The van der Waals surface area contributed by atoms with Gasteiger partial charge in [0.2, 0.25) is 0 Å². The minimum absolute atomic E-state index is 0.773. The van der Waals surface area contributed by atoms with Gasteiger partial charge in [0, 0.05) is 23.4 Å². The molecule has 2 aromatic heterocycles. The van der Waals surface area contributed by atoms with Crippen LogP contribution in [0.4, 0.5) is 5.13 Å². The van der Waals surface area contributed by atoms with E-state index in [2.05, 4.69) is 44.2 Å². The molecule has 5 heteroatoms. The molecule has 0 bridgehead atoms. The molecule has 3 nitrogen and oxygen atoms in total. The molecule has 19 heavy (non-hydrogen) atoms. The molecule has 3 rings (SSSR count). The summed E-state index contributed by atoms with van der Waals surface area (Å²) in [4.78, 5) is 8.67. The van der Waals surface area contributed by atoms with Gasteiger partial charge in [0.15, 0.2) is 5.13 Å². The van der Waals surface area contributed by atoms with Crippen LogP contribution in [0.3, 0.4) is 0 Å². The number of thiazole rings is 1. The second-order valence-electron chi connectivity index (χ2n) is 4.29. The number of aryl methyl sites for hydroxylation is 1. The van der Waals surface area contributed by atoms with Gasteiger partial charge in [-0.3, -0.25) is 4.98 Å². The highest BCUT2D eigenvalue weighted by Crippen LogP contribution is 2.28. The second kappa shape index (κ2) is 5.27. The van der Waals surface area contributed by atoms with Gasteiger partial charge in [0.25, 0.3) is 0 Å². The van der Waals surface area contributed by atoms with Crippen molar-refractivity contribution in [2.75, 3.05) is 5.32 Å². The number of fused-ring (bicyclic) bond motifs is 1. The molecule has 2 heterocycles. The zero-order valence-electron chi connectivity index (χ0n) is 10.4. The van der Waals surface area contributed by atoms with Gasteiger partial charge >= 0.3 is 0 Å². The van der Waals surface area contributed by atoms with E-state index in [-0.39, 0.29) is 0 Å². The molecule has 0 aliphatic heterocycles. The third-order valence-electron chi connectivity index (χ3n) is 2.92. The summed E-state index contributed by atoms with van der Waals surface area (Å²) in [5, 5.41) is 4.32. The predicted octanol–water partition coefficient (Wildman–Crippen LogP) is 4.37. The number of nitrogens with one attached hydrogen (secondary N) is 1. The SMILES string of the molecule is Cc1cnccc1CNc1nc2ccc(Br)cc2s1. The third-order valence-corrected chi connectivity index (χ3v) is 4.39. The van der Waals surface area contributed by atoms with E-state index >= 15 is 0 Å². The van der Waals surface area contributed by atoms with E-state index in [0.29, 0.717) is 0 Å². The summed E-state index contributed by atoms with van der Waals surface area (Å²) in [5.74, 6) is 0. The van der Waals surface area contributed by atoms with Crippen LogP contribution < -0.4 is 5.32 Å². The van der Waals surface area contributed by atoms with Crippen LogP contribution in [-0.4, -0.2) is 9.97 Å². The minimum atomic E-state index is 0.773. The predicted molar refractivity (Wildman–Crippen MR) is 83.6 cm³/mol. The number of anilines is 1. The summed E-state index contributed by atoms with van der Waals surface area (Å²) in [5.41, 5.74) is 3.47. The number of aromatic nitrogens is 2. The van der Waals surface area contributed by atoms with Gasteiger partial charge in [-0.2, -0.15) is 0 Å². The van der Waals surface area contributed by atoms with Crippen molar-refractivity contribution in [3.05, 3.63) is 52.3 Å². The van der Waals surface area contributed by atoms with E-state index in [1.807, 2.05) is 30.6 Å². The van der Waals surface area contributed by atoms with Gasteiger partial charge < -0.3 is 5.32 Å². The quantitative estimate of drug-likeness (QED) is 0.773. The number of benzene rings is 1. The Bertz CT molecular complexity index is 724. The number of pyridine rings is 1. The summed E-state index contributed by atoms with van der Waals surface area (Å²) in [6.45, 7) is 2.84. The van der Waals surface area contributed by atoms with Crippen LogP contribution in [-0.2, 0) is 6.54 Å². The summed E-state index contributed by atoms with van der Waals surface area (Å²) in [7, 11) is 0. The largest absolute Gasteiger partial charge is 0.357 e. The summed E-state index contributed by atoms with van der Waals surface area (Å²) in [6.07, 6.45) is 3.70. The van der Waals surface area contributed by atoms with E-state index in [9.17, 15) is 0 Å². The number of rotatable bonds is 3. The molecule has 1 aromatic carbocycles. The molecular formula is C14H12BrN3S. The highest BCUT2D eigenvalue weighted by atomic mass is 79.9. The summed E-state index contributed by atoms with van der Waals surface area (Å²) >= 11 is 5.15. The Morgan fingerprint density at radius 2 is 2.21 bits per heavy atom. The van der Waals surface area contributed by atoms with Crippen LogP contribution in [0.2, 0.25) is 0 Å². The normalized spacial score (nSPS) is 10.8. The first-order chi connectivity index (χ1) is 9.22. The van der Waals surface area contributed by atoms with E-state index in [4.69, 9.17) is 0 Å². The van der Waals surface area contributed by atoms with Crippen molar-refractivity contribution in [2.24, 2.45) is 0 Å². The van der Waals surface area contributed by atoms with Crippen molar-refractivity contribution in [3.8, 4) is 0 Å². The fraction of sp³-hybridized carbons (Fsp3) is 0.143. The van der Waals surface area contributed by atoms with Crippen molar-refractivity contribution >= 4 is 42.6 Å².